The van der Waals surface area contributed by atoms with Crippen molar-refractivity contribution >= 4 is 17.7 Å². The molecule has 2 aromatic rings. The number of nitrogens with one attached hydrogen (secondary N) is 1. The molecule has 2 aliphatic rings. The van der Waals surface area contributed by atoms with Gasteiger partial charge in [0.25, 0.3) is 0 Å². The third-order valence-corrected chi connectivity index (χ3v) is 4.56. The molecule has 6 heteroatoms. The number of aryl methyl sites for hydroxylation is 2. The van der Waals surface area contributed by atoms with Gasteiger partial charge in [-0.3, -0.25) is 0 Å². The molecule has 1 aromatic carbocycles. The van der Waals surface area contributed by atoms with Gasteiger partial charge in [-0.25, -0.2) is 9.67 Å². The van der Waals surface area contributed by atoms with Crippen LogP contribution in [0.4, 0.5) is 0 Å². The van der Waals surface area contributed by atoms with Gasteiger partial charge in [0, 0.05) is 29.6 Å². The molecule has 23 heavy (non-hydrogen) atoms. The van der Waals surface area contributed by atoms with Gasteiger partial charge in [-0.2, -0.15) is 5.10 Å². The van der Waals surface area contributed by atoms with Crippen molar-refractivity contribution in [1.82, 2.24) is 20.1 Å². The summed E-state index contributed by atoms with van der Waals surface area (Å²) in [5.74, 6) is 2.86. The smallest absolute Gasteiger partial charge is 0.147 e. The molecule has 0 amide bonds. The summed E-state index contributed by atoms with van der Waals surface area (Å²) in [5.41, 5.74) is 2.29. The minimum absolute atomic E-state index is 0.422. The molecule has 0 radical (unpaired) electrons. The van der Waals surface area contributed by atoms with Crippen molar-refractivity contribution in [2.24, 2.45) is 0 Å². The molecule has 5 nitrogen and oxygen atoms in total. The van der Waals surface area contributed by atoms with E-state index in [2.05, 4.69) is 21.5 Å². The van der Waals surface area contributed by atoms with Crippen LogP contribution in [0.3, 0.4) is 0 Å². The lowest BCUT2D eigenvalue weighted by Gasteiger charge is -2.25. The van der Waals surface area contributed by atoms with Crippen LogP contribution in [0.15, 0.2) is 23.8 Å². The number of fused-ring (bicyclic) bond motifs is 2. The zero-order valence-electron chi connectivity index (χ0n) is 13.1. The van der Waals surface area contributed by atoms with Gasteiger partial charge in [0.15, 0.2) is 0 Å². The van der Waals surface area contributed by atoms with Gasteiger partial charge < -0.3 is 10.1 Å². The van der Waals surface area contributed by atoms with Gasteiger partial charge in [0.05, 0.1) is 6.54 Å². The SMILES string of the molecule is Cc1nc2n(n1)CC(NCC1=Cc3cc(Cl)ccc3OC1)CC2. The van der Waals surface area contributed by atoms with Crippen molar-refractivity contribution in [3.05, 3.63) is 46.0 Å². The average Bonchev–Trinajstić information content (AvgIpc) is 2.91. The van der Waals surface area contributed by atoms with E-state index in [4.69, 9.17) is 16.3 Å². The minimum Gasteiger partial charge on any atom is -0.489 e. The lowest BCUT2D eigenvalue weighted by molar-refractivity contribution is 0.330. The Hall–Kier alpha value is -1.85. The number of aromatic nitrogens is 3. The Morgan fingerprint density at radius 1 is 1.43 bits per heavy atom. The Bertz CT molecular complexity index is 768. The number of ether oxygens (including phenoxy) is 1. The molecular weight excluding hydrogens is 312 g/mol. The van der Waals surface area contributed by atoms with Crippen molar-refractivity contribution in [3.63, 3.8) is 0 Å². The normalized spacial score (nSPS) is 19.6. The second kappa shape index (κ2) is 5.98. The number of hydrogen-bond acceptors (Lipinski definition) is 4. The molecule has 120 valence electrons. The van der Waals surface area contributed by atoms with Crippen LogP contribution in [-0.2, 0) is 13.0 Å². The summed E-state index contributed by atoms with van der Waals surface area (Å²) in [4.78, 5) is 4.45. The van der Waals surface area contributed by atoms with Crippen LogP contribution in [0.2, 0.25) is 5.02 Å². The third-order valence-electron chi connectivity index (χ3n) is 4.33. The first-order chi connectivity index (χ1) is 11.2. The lowest BCUT2D eigenvalue weighted by atomic mass is 10.1. The summed E-state index contributed by atoms with van der Waals surface area (Å²) < 4.78 is 7.82. The van der Waals surface area contributed by atoms with Crippen LogP contribution in [0.5, 0.6) is 5.75 Å². The first-order valence-electron chi connectivity index (χ1n) is 7.93. The Kier molecular flexibility index (Phi) is 3.83. The standard InChI is InChI=1S/C17H19ClN4O/c1-11-20-17-5-3-15(9-22(17)21-11)19-8-12-6-13-7-14(18)2-4-16(13)23-10-12/h2,4,6-7,15,19H,3,5,8-10H2,1H3. The fourth-order valence-electron chi connectivity index (χ4n) is 3.17. The number of nitrogens with zero attached hydrogens (tertiary/aromatic N) is 3. The highest BCUT2D eigenvalue weighted by Gasteiger charge is 2.21. The fraction of sp³-hybridized carbons (Fsp3) is 0.412. The molecular formula is C17H19ClN4O. The largest absolute Gasteiger partial charge is 0.489 e. The third kappa shape index (κ3) is 3.12. The van der Waals surface area contributed by atoms with E-state index >= 15 is 0 Å². The van der Waals surface area contributed by atoms with Crippen molar-refractivity contribution in [3.8, 4) is 5.75 Å². The van der Waals surface area contributed by atoms with Crippen LogP contribution in [0, 0.1) is 6.92 Å². The number of halogens is 1. The Morgan fingerprint density at radius 2 is 2.35 bits per heavy atom. The quantitative estimate of drug-likeness (QED) is 0.940. The highest BCUT2D eigenvalue weighted by atomic mass is 35.5. The van der Waals surface area contributed by atoms with Crippen LogP contribution < -0.4 is 10.1 Å². The van der Waals surface area contributed by atoms with Gasteiger partial charge >= 0.3 is 0 Å². The van der Waals surface area contributed by atoms with E-state index in [1.807, 2.05) is 29.8 Å². The molecule has 1 aromatic heterocycles. The number of hydrogen-bond donors (Lipinski definition) is 1. The second-order valence-corrected chi connectivity index (χ2v) is 6.58. The predicted molar refractivity (Wildman–Crippen MR) is 89.8 cm³/mol. The molecule has 2 aliphatic heterocycles. The molecule has 1 unspecified atom stereocenters. The first kappa shape index (κ1) is 14.7. The number of rotatable bonds is 3. The van der Waals surface area contributed by atoms with Crippen LogP contribution in [0.1, 0.15) is 23.6 Å². The highest BCUT2D eigenvalue weighted by Crippen LogP contribution is 2.28. The maximum Gasteiger partial charge on any atom is 0.147 e. The van der Waals surface area contributed by atoms with E-state index in [9.17, 15) is 0 Å². The highest BCUT2D eigenvalue weighted by molar-refractivity contribution is 6.30. The molecule has 0 aliphatic carbocycles. The molecule has 1 N–H and O–H groups in total. The van der Waals surface area contributed by atoms with E-state index in [1.165, 1.54) is 5.57 Å². The maximum absolute atomic E-state index is 6.06. The van der Waals surface area contributed by atoms with E-state index in [0.717, 1.165) is 53.9 Å². The van der Waals surface area contributed by atoms with Gasteiger partial charge in [-0.1, -0.05) is 11.6 Å². The molecule has 0 fully saturated rings. The van der Waals surface area contributed by atoms with Gasteiger partial charge in [0.1, 0.15) is 24.0 Å². The molecule has 4 rings (SSSR count). The average molecular weight is 331 g/mol. The topological polar surface area (TPSA) is 52.0 Å². The summed E-state index contributed by atoms with van der Waals surface area (Å²) in [6.45, 7) is 4.27. The molecule has 0 bridgehead atoms. The van der Waals surface area contributed by atoms with Crippen molar-refractivity contribution < 1.29 is 4.74 Å². The minimum atomic E-state index is 0.422. The van der Waals surface area contributed by atoms with Crippen molar-refractivity contribution in [2.75, 3.05) is 13.2 Å². The van der Waals surface area contributed by atoms with Gasteiger partial charge in [-0.05, 0) is 43.2 Å². The van der Waals surface area contributed by atoms with Gasteiger partial charge in [-0.15, -0.1) is 0 Å². The lowest BCUT2D eigenvalue weighted by Crippen LogP contribution is -2.39. The number of benzene rings is 1. The molecule has 0 saturated carbocycles. The molecule has 3 heterocycles. The van der Waals surface area contributed by atoms with Crippen LogP contribution >= 0.6 is 11.6 Å². The summed E-state index contributed by atoms with van der Waals surface area (Å²) in [5, 5.41) is 8.80. The monoisotopic (exact) mass is 330 g/mol. The Balaban J connectivity index is 1.40. The van der Waals surface area contributed by atoms with E-state index in [0.29, 0.717) is 12.6 Å². The van der Waals surface area contributed by atoms with Crippen molar-refractivity contribution in [1.29, 1.82) is 0 Å². The Morgan fingerprint density at radius 3 is 3.26 bits per heavy atom. The fourth-order valence-corrected chi connectivity index (χ4v) is 3.35. The summed E-state index contributed by atoms with van der Waals surface area (Å²) in [7, 11) is 0. The van der Waals surface area contributed by atoms with Crippen LogP contribution in [-0.4, -0.2) is 34.0 Å². The summed E-state index contributed by atoms with van der Waals surface area (Å²) in [6, 6.07) is 6.15. The Labute approximate surface area is 140 Å². The van der Waals surface area contributed by atoms with E-state index < -0.39 is 0 Å². The predicted octanol–water partition coefficient (Wildman–Crippen LogP) is 2.62. The van der Waals surface area contributed by atoms with Crippen molar-refractivity contribution in [2.45, 2.75) is 32.4 Å². The second-order valence-electron chi connectivity index (χ2n) is 6.15. The van der Waals surface area contributed by atoms with Crippen LogP contribution in [0.25, 0.3) is 6.08 Å². The van der Waals surface area contributed by atoms with E-state index in [1.54, 1.807) is 0 Å². The molecule has 0 spiro atoms. The zero-order chi connectivity index (χ0) is 15.8. The molecule has 1 atom stereocenters. The maximum atomic E-state index is 6.06. The van der Waals surface area contributed by atoms with E-state index in [-0.39, 0.29) is 0 Å². The first-order valence-corrected chi connectivity index (χ1v) is 8.31. The summed E-state index contributed by atoms with van der Waals surface area (Å²) in [6.07, 6.45) is 4.24. The summed E-state index contributed by atoms with van der Waals surface area (Å²) >= 11 is 6.06. The zero-order valence-corrected chi connectivity index (χ0v) is 13.8. The van der Waals surface area contributed by atoms with Gasteiger partial charge in [0.2, 0.25) is 0 Å². The molecule has 0 saturated heterocycles.